The van der Waals surface area contributed by atoms with Crippen molar-refractivity contribution in [3.05, 3.63) is 29.8 Å². The van der Waals surface area contributed by atoms with Crippen LogP contribution >= 0.6 is 0 Å². The zero-order valence-corrected chi connectivity index (χ0v) is 13.8. The Labute approximate surface area is 137 Å². The van der Waals surface area contributed by atoms with Gasteiger partial charge in [0.2, 0.25) is 0 Å². The van der Waals surface area contributed by atoms with E-state index < -0.39 is 5.97 Å². The van der Waals surface area contributed by atoms with Gasteiger partial charge in [-0.1, -0.05) is 12.1 Å². The molecule has 1 fully saturated rings. The van der Waals surface area contributed by atoms with Gasteiger partial charge in [0.25, 0.3) is 0 Å². The van der Waals surface area contributed by atoms with Crippen molar-refractivity contribution in [1.82, 2.24) is 4.90 Å². The summed E-state index contributed by atoms with van der Waals surface area (Å²) in [7, 11) is 0. The lowest BCUT2D eigenvalue weighted by molar-refractivity contribution is -0.143. The predicted molar refractivity (Wildman–Crippen MR) is 88.0 cm³/mol. The van der Waals surface area contributed by atoms with Gasteiger partial charge >= 0.3 is 5.97 Å². The number of hydrogen-bond donors (Lipinski definition) is 1. The maximum Gasteiger partial charge on any atom is 0.306 e. The Balaban J connectivity index is 1.87. The van der Waals surface area contributed by atoms with Crippen molar-refractivity contribution in [2.45, 2.75) is 39.2 Å². The van der Waals surface area contributed by atoms with Gasteiger partial charge < -0.3 is 14.7 Å². The van der Waals surface area contributed by atoms with E-state index in [9.17, 15) is 9.59 Å². The van der Waals surface area contributed by atoms with Gasteiger partial charge in [-0.15, -0.1) is 0 Å². The second-order valence-electron chi connectivity index (χ2n) is 6.29. The minimum Gasteiger partial charge on any atom is -0.490 e. The lowest BCUT2D eigenvalue weighted by atomic mass is 9.97. The minimum absolute atomic E-state index is 0.0268. The molecule has 1 aromatic carbocycles. The molecule has 1 saturated heterocycles. The Morgan fingerprint density at radius 1 is 1.26 bits per heavy atom. The summed E-state index contributed by atoms with van der Waals surface area (Å²) < 4.78 is 5.70. The van der Waals surface area contributed by atoms with Crippen LogP contribution in [0, 0.1) is 5.92 Å². The van der Waals surface area contributed by atoms with Crippen LogP contribution in [-0.2, 0) is 4.79 Å². The van der Waals surface area contributed by atoms with Crippen molar-refractivity contribution in [3.63, 3.8) is 0 Å². The number of nitrogens with zero attached hydrogens (tertiary/aromatic N) is 1. The fourth-order valence-electron chi connectivity index (χ4n) is 2.85. The Bertz CT molecular complexity index is 548. The Morgan fingerprint density at radius 2 is 1.91 bits per heavy atom. The standard InChI is InChI=1S/C18H25NO4/c1-13(2)23-17-6-4-3-5-15(17)16(20)9-12-19-10-7-14(8-11-19)18(21)22/h3-6,13-14H,7-12H2,1-2H3,(H,21,22). The molecule has 2 rings (SSSR count). The van der Waals surface area contributed by atoms with Crippen LogP contribution in [0.4, 0.5) is 0 Å². The molecule has 0 unspecified atom stereocenters. The topological polar surface area (TPSA) is 66.8 Å². The molecule has 0 aliphatic carbocycles. The van der Waals surface area contributed by atoms with Crippen molar-refractivity contribution in [2.75, 3.05) is 19.6 Å². The molecule has 0 amide bonds. The molecule has 0 aromatic heterocycles. The number of para-hydroxylation sites is 1. The summed E-state index contributed by atoms with van der Waals surface area (Å²) in [6.45, 7) is 6.03. The summed E-state index contributed by atoms with van der Waals surface area (Å²) in [5.41, 5.74) is 0.627. The van der Waals surface area contributed by atoms with E-state index in [1.165, 1.54) is 0 Å². The van der Waals surface area contributed by atoms with E-state index >= 15 is 0 Å². The number of rotatable bonds is 7. The maximum absolute atomic E-state index is 12.5. The number of benzene rings is 1. The number of Topliss-reactive ketones (excluding diaryl/α,β-unsaturated/α-hetero) is 1. The third-order valence-corrected chi connectivity index (χ3v) is 4.14. The molecule has 5 heteroatoms. The van der Waals surface area contributed by atoms with Crippen LogP contribution in [0.15, 0.2) is 24.3 Å². The fourth-order valence-corrected chi connectivity index (χ4v) is 2.85. The first-order chi connectivity index (χ1) is 11.0. The molecule has 1 aliphatic heterocycles. The third kappa shape index (κ3) is 5.06. The molecule has 0 spiro atoms. The van der Waals surface area contributed by atoms with E-state index in [1.54, 1.807) is 6.07 Å². The van der Waals surface area contributed by atoms with Crippen LogP contribution in [0.3, 0.4) is 0 Å². The third-order valence-electron chi connectivity index (χ3n) is 4.14. The molecule has 1 N–H and O–H groups in total. The molecule has 0 bridgehead atoms. The molecule has 1 aliphatic rings. The number of carbonyl (C=O) groups is 2. The first-order valence-electron chi connectivity index (χ1n) is 8.21. The highest BCUT2D eigenvalue weighted by Crippen LogP contribution is 2.22. The van der Waals surface area contributed by atoms with Crippen molar-refractivity contribution < 1.29 is 19.4 Å². The van der Waals surface area contributed by atoms with Crippen LogP contribution in [-0.4, -0.2) is 47.5 Å². The van der Waals surface area contributed by atoms with Gasteiger partial charge in [-0.25, -0.2) is 0 Å². The van der Waals surface area contributed by atoms with E-state index in [-0.39, 0.29) is 17.8 Å². The fraction of sp³-hybridized carbons (Fsp3) is 0.556. The Kier molecular flexibility index (Phi) is 6.16. The van der Waals surface area contributed by atoms with Gasteiger partial charge in [0.05, 0.1) is 17.6 Å². The number of aliphatic carboxylic acids is 1. The van der Waals surface area contributed by atoms with Gasteiger partial charge in [-0.2, -0.15) is 0 Å². The number of carboxylic acids is 1. The minimum atomic E-state index is -0.708. The number of carbonyl (C=O) groups excluding carboxylic acids is 1. The summed E-state index contributed by atoms with van der Waals surface area (Å²) in [4.78, 5) is 25.6. The zero-order valence-electron chi connectivity index (χ0n) is 13.8. The van der Waals surface area contributed by atoms with Crippen LogP contribution < -0.4 is 4.74 Å². The van der Waals surface area contributed by atoms with Gasteiger partial charge in [0, 0.05) is 13.0 Å². The number of carboxylic acid groups (broad SMARTS) is 1. The molecule has 1 heterocycles. The summed E-state index contributed by atoms with van der Waals surface area (Å²) >= 11 is 0. The Hall–Kier alpha value is -1.88. The van der Waals surface area contributed by atoms with Crippen LogP contribution in [0.1, 0.15) is 43.5 Å². The van der Waals surface area contributed by atoms with Gasteiger partial charge in [-0.05, 0) is 51.9 Å². The highest BCUT2D eigenvalue weighted by molar-refractivity contribution is 5.98. The summed E-state index contributed by atoms with van der Waals surface area (Å²) in [5, 5.41) is 9.01. The van der Waals surface area contributed by atoms with E-state index in [2.05, 4.69) is 4.90 Å². The molecule has 0 atom stereocenters. The SMILES string of the molecule is CC(C)Oc1ccccc1C(=O)CCN1CCC(C(=O)O)CC1. The molecule has 0 saturated carbocycles. The van der Waals surface area contributed by atoms with Crippen molar-refractivity contribution in [3.8, 4) is 5.75 Å². The highest BCUT2D eigenvalue weighted by atomic mass is 16.5. The molecule has 5 nitrogen and oxygen atoms in total. The summed E-state index contributed by atoms with van der Waals surface area (Å²) in [6, 6.07) is 7.34. The summed E-state index contributed by atoms with van der Waals surface area (Å²) in [5.74, 6) is -0.235. The molecule has 0 radical (unpaired) electrons. The van der Waals surface area contributed by atoms with E-state index in [1.807, 2.05) is 32.0 Å². The first kappa shape index (κ1) is 17.5. The maximum atomic E-state index is 12.5. The van der Waals surface area contributed by atoms with Crippen molar-refractivity contribution in [2.24, 2.45) is 5.92 Å². The van der Waals surface area contributed by atoms with E-state index in [0.717, 1.165) is 13.1 Å². The predicted octanol–water partition coefficient (Wildman–Crippen LogP) is 2.84. The van der Waals surface area contributed by atoms with Crippen molar-refractivity contribution in [1.29, 1.82) is 0 Å². The first-order valence-corrected chi connectivity index (χ1v) is 8.21. The molecular weight excluding hydrogens is 294 g/mol. The lowest BCUT2D eigenvalue weighted by Crippen LogP contribution is -2.37. The normalized spacial score (nSPS) is 16.5. The largest absolute Gasteiger partial charge is 0.490 e. The average Bonchev–Trinajstić information content (AvgIpc) is 2.53. The number of ketones is 1. The Morgan fingerprint density at radius 3 is 2.52 bits per heavy atom. The van der Waals surface area contributed by atoms with Crippen molar-refractivity contribution >= 4 is 11.8 Å². The number of ether oxygens (including phenoxy) is 1. The molecule has 126 valence electrons. The van der Waals surface area contributed by atoms with Gasteiger partial charge in [0.15, 0.2) is 5.78 Å². The molecular formula is C18H25NO4. The van der Waals surface area contributed by atoms with E-state index in [0.29, 0.717) is 37.1 Å². The number of hydrogen-bond acceptors (Lipinski definition) is 4. The molecule has 23 heavy (non-hydrogen) atoms. The summed E-state index contributed by atoms with van der Waals surface area (Å²) in [6.07, 6.45) is 1.78. The van der Waals surface area contributed by atoms with Crippen LogP contribution in [0.5, 0.6) is 5.75 Å². The highest BCUT2D eigenvalue weighted by Gasteiger charge is 2.24. The number of likely N-dealkylation sites (tertiary alicyclic amines) is 1. The van der Waals surface area contributed by atoms with E-state index in [4.69, 9.17) is 9.84 Å². The molecule has 1 aromatic rings. The zero-order chi connectivity index (χ0) is 16.8. The smallest absolute Gasteiger partial charge is 0.306 e. The second-order valence-corrected chi connectivity index (χ2v) is 6.29. The van der Waals surface area contributed by atoms with Crippen LogP contribution in [0.2, 0.25) is 0 Å². The monoisotopic (exact) mass is 319 g/mol. The van der Waals surface area contributed by atoms with Gasteiger partial charge in [0.1, 0.15) is 5.75 Å². The average molecular weight is 319 g/mol. The second kappa shape index (κ2) is 8.11. The number of piperidine rings is 1. The quantitative estimate of drug-likeness (QED) is 0.783. The lowest BCUT2D eigenvalue weighted by Gasteiger charge is -2.29. The van der Waals surface area contributed by atoms with Crippen LogP contribution in [0.25, 0.3) is 0 Å². The van der Waals surface area contributed by atoms with Gasteiger partial charge in [-0.3, -0.25) is 9.59 Å².